The lowest BCUT2D eigenvalue weighted by Crippen LogP contribution is -1.99. The van der Waals surface area contributed by atoms with Crippen LogP contribution in [0.4, 0.5) is 0 Å². The average Bonchev–Trinajstić information content (AvgIpc) is 2.89. The van der Waals surface area contributed by atoms with Gasteiger partial charge in [0.05, 0.1) is 0 Å². The molecule has 112 valence electrons. The monoisotopic (exact) mass is 373 g/mol. The zero-order chi connectivity index (χ0) is 15.5. The molecule has 0 aliphatic heterocycles. The van der Waals surface area contributed by atoms with Gasteiger partial charge < -0.3 is 0 Å². The Balaban J connectivity index is 1.83. The highest BCUT2D eigenvalue weighted by Crippen LogP contribution is 2.25. The molecule has 2 aromatic carbocycles. The first-order valence-electron chi connectivity index (χ1n) is 7.00. The first-order valence-corrected chi connectivity index (χ1v) is 8.77. The van der Waals surface area contributed by atoms with Crippen molar-refractivity contribution in [2.24, 2.45) is 0 Å². The van der Waals surface area contributed by atoms with Crippen LogP contribution in [0.5, 0.6) is 0 Å². The molecule has 0 saturated heterocycles. The minimum atomic E-state index is 0.872. The molecule has 0 atom stereocenters. The van der Waals surface area contributed by atoms with E-state index in [9.17, 15) is 0 Å². The van der Waals surface area contributed by atoms with Crippen molar-refractivity contribution in [2.75, 3.05) is 0 Å². The lowest BCUT2D eigenvalue weighted by Gasteiger charge is -2.08. The molecule has 0 saturated carbocycles. The molecule has 0 bridgehead atoms. The highest BCUT2D eigenvalue weighted by atomic mass is 79.9. The summed E-state index contributed by atoms with van der Waals surface area (Å²) >= 11 is 5.16. The van der Waals surface area contributed by atoms with Gasteiger partial charge >= 0.3 is 0 Å². The van der Waals surface area contributed by atoms with Crippen LogP contribution in [0, 0.1) is 13.8 Å². The van der Waals surface area contributed by atoms with E-state index in [1.165, 1.54) is 11.1 Å². The summed E-state index contributed by atoms with van der Waals surface area (Å²) in [6.45, 7) is 4.07. The number of benzene rings is 2. The van der Waals surface area contributed by atoms with Crippen LogP contribution in [0.1, 0.15) is 17.0 Å². The van der Waals surface area contributed by atoms with Crippen molar-refractivity contribution in [3.8, 4) is 5.69 Å². The fourth-order valence-electron chi connectivity index (χ4n) is 2.16. The average molecular weight is 374 g/mol. The van der Waals surface area contributed by atoms with Gasteiger partial charge in [-0.25, -0.2) is 0 Å². The van der Waals surface area contributed by atoms with Gasteiger partial charge in [0.1, 0.15) is 5.82 Å². The second-order valence-corrected chi connectivity index (χ2v) is 6.97. The summed E-state index contributed by atoms with van der Waals surface area (Å²) in [4.78, 5) is 0. The maximum atomic E-state index is 4.31. The van der Waals surface area contributed by atoms with E-state index in [4.69, 9.17) is 0 Å². The molecule has 3 nitrogen and oxygen atoms in total. The van der Waals surface area contributed by atoms with E-state index < -0.39 is 0 Å². The fraction of sp³-hybridized carbons (Fsp3) is 0.176. The number of aryl methyl sites for hydroxylation is 2. The first-order chi connectivity index (χ1) is 10.6. The maximum Gasteiger partial charge on any atom is 0.196 e. The van der Waals surface area contributed by atoms with Gasteiger partial charge in [-0.3, -0.25) is 4.57 Å². The second kappa shape index (κ2) is 6.67. The molecule has 1 heterocycles. The summed E-state index contributed by atoms with van der Waals surface area (Å²) < 4.78 is 3.20. The number of aromatic nitrogens is 3. The zero-order valence-electron chi connectivity index (χ0n) is 12.5. The zero-order valence-corrected chi connectivity index (χ0v) is 14.9. The molecule has 0 radical (unpaired) electrons. The first kappa shape index (κ1) is 15.3. The van der Waals surface area contributed by atoms with Crippen molar-refractivity contribution >= 4 is 27.7 Å². The van der Waals surface area contributed by atoms with Gasteiger partial charge in [0.25, 0.3) is 0 Å². The summed E-state index contributed by atoms with van der Waals surface area (Å²) in [6, 6.07) is 16.8. The largest absolute Gasteiger partial charge is 0.274 e. The van der Waals surface area contributed by atoms with Crippen LogP contribution in [0.3, 0.4) is 0 Å². The smallest absolute Gasteiger partial charge is 0.196 e. The maximum absolute atomic E-state index is 4.31. The Morgan fingerprint density at radius 1 is 0.955 bits per heavy atom. The van der Waals surface area contributed by atoms with E-state index in [0.29, 0.717) is 0 Å². The molecule has 22 heavy (non-hydrogen) atoms. The van der Waals surface area contributed by atoms with Crippen LogP contribution in [0.2, 0.25) is 0 Å². The molecular formula is C17H16BrN3S. The molecule has 1 aromatic heterocycles. The van der Waals surface area contributed by atoms with Crippen LogP contribution in [-0.2, 0) is 5.75 Å². The quantitative estimate of drug-likeness (QED) is 0.606. The molecule has 0 fully saturated rings. The van der Waals surface area contributed by atoms with Crippen LogP contribution in [-0.4, -0.2) is 14.8 Å². The van der Waals surface area contributed by atoms with Crippen molar-refractivity contribution in [1.29, 1.82) is 0 Å². The lowest BCUT2D eigenvalue weighted by atomic mass is 10.2. The normalized spacial score (nSPS) is 10.9. The van der Waals surface area contributed by atoms with Crippen LogP contribution in [0.15, 0.2) is 58.2 Å². The topological polar surface area (TPSA) is 30.7 Å². The number of rotatable bonds is 4. The Kier molecular flexibility index (Phi) is 4.64. The third-order valence-electron chi connectivity index (χ3n) is 3.37. The Morgan fingerprint density at radius 2 is 1.64 bits per heavy atom. The molecule has 0 N–H and O–H groups in total. The highest BCUT2D eigenvalue weighted by molar-refractivity contribution is 9.10. The molecule has 0 aliphatic carbocycles. The van der Waals surface area contributed by atoms with Gasteiger partial charge in [0.15, 0.2) is 5.16 Å². The Morgan fingerprint density at radius 3 is 2.32 bits per heavy atom. The van der Waals surface area contributed by atoms with Crippen LogP contribution in [0.25, 0.3) is 5.69 Å². The lowest BCUT2D eigenvalue weighted by molar-refractivity contribution is 0.868. The third-order valence-corrected chi connectivity index (χ3v) is 4.90. The Labute approximate surface area is 142 Å². The standard InChI is InChI=1S/C17H16BrN3S/c1-12-3-9-16(10-4-12)21-13(2)19-20-17(21)22-11-14-5-7-15(18)8-6-14/h3-10H,11H2,1-2H3. The van der Waals surface area contributed by atoms with Crippen molar-refractivity contribution in [3.05, 3.63) is 70.0 Å². The number of nitrogens with zero attached hydrogens (tertiary/aromatic N) is 3. The van der Waals surface area contributed by atoms with Crippen molar-refractivity contribution in [3.63, 3.8) is 0 Å². The third kappa shape index (κ3) is 3.42. The Hall–Kier alpha value is -1.59. The minimum Gasteiger partial charge on any atom is -0.274 e. The van der Waals surface area contributed by atoms with Crippen molar-refractivity contribution < 1.29 is 0 Å². The number of hydrogen-bond donors (Lipinski definition) is 0. The number of hydrogen-bond acceptors (Lipinski definition) is 3. The van der Waals surface area contributed by atoms with Crippen molar-refractivity contribution in [2.45, 2.75) is 24.8 Å². The van der Waals surface area contributed by atoms with Gasteiger partial charge in [-0.05, 0) is 43.7 Å². The number of halogens is 1. The van der Waals surface area contributed by atoms with Gasteiger partial charge in [0, 0.05) is 15.9 Å². The molecule has 0 unspecified atom stereocenters. The highest BCUT2D eigenvalue weighted by Gasteiger charge is 2.11. The molecule has 3 rings (SSSR count). The van der Waals surface area contributed by atoms with Gasteiger partial charge in [-0.15, -0.1) is 10.2 Å². The summed E-state index contributed by atoms with van der Waals surface area (Å²) in [5, 5.41) is 9.46. The summed E-state index contributed by atoms with van der Waals surface area (Å²) in [5.74, 6) is 1.78. The minimum absolute atomic E-state index is 0.872. The van der Waals surface area contributed by atoms with E-state index in [1.807, 2.05) is 6.92 Å². The molecule has 0 amide bonds. The Bertz CT molecular complexity index is 764. The molecule has 0 spiro atoms. The molecular weight excluding hydrogens is 358 g/mol. The van der Waals surface area contributed by atoms with E-state index in [-0.39, 0.29) is 0 Å². The van der Waals surface area contributed by atoms with Crippen molar-refractivity contribution in [1.82, 2.24) is 14.8 Å². The van der Waals surface area contributed by atoms with E-state index in [0.717, 1.165) is 26.9 Å². The summed E-state index contributed by atoms with van der Waals surface area (Å²) in [5.41, 5.74) is 3.62. The van der Waals surface area contributed by atoms with Gasteiger partial charge in [-0.1, -0.05) is 57.5 Å². The fourth-order valence-corrected chi connectivity index (χ4v) is 3.37. The second-order valence-electron chi connectivity index (χ2n) is 5.12. The van der Waals surface area contributed by atoms with E-state index >= 15 is 0 Å². The van der Waals surface area contributed by atoms with E-state index in [1.54, 1.807) is 11.8 Å². The van der Waals surface area contributed by atoms with E-state index in [2.05, 4.69) is 86.1 Å². The predicted octanol–water partition coefficient (Wildman–Crippen LogP) is 4.94. The molecule has 0 aliphatic rings. The number of thioether (sulfide) groups is 1. The molecule has 3 aromatic rings. The summed E-state index contributed by atoms with van der Waals surface area (Å²) in [7, 11) is 0. The van der Waals surface area contributed by atoms with Crippen LogP contribution >= 0.6 is 27.7 Å². The van der Waals surface area contributed by atoms with Gasteiger partial charge in [0.2, 0.25) is 0 Å². The van der Waals surface area contributed by atoms with Gasteiger partial charge in [-0.2, -0.15) is 0 Å². The SMILES string of the molecule is Cc1ccc(-n2c(C)nnc2SCc2ccc(Br)cc2)cc1. The molecule has 5 heteroatoms. The summed E-state index contributed by atoms with van der Waals surface area (Å²) in [6.07, 6.45) is 0. The predicted molar refractivity (Wildman–Crippen MR) is 94.5 cm³/mol. The van der Waals surface area contributed by atoms with Crippen LogP contribution < -0.4 is 0 Å².